The lowest BCUT2D eigenvalue weighted by Crippen LogP contribution is -2.59. The number of halogens is 6. The van der Waals surface area contributed by atoms with Gasteiger partial charge < -0.3 is 30.2 Å². The number of nitrogens with one attached hydrogen (secondary N) is 3. The first-order chi connectivity index (χ1) is 20.3. The van der Waals surface area contributed by atoms with Crippen molar-refractivity contribution in [3.8, 4) is 17.2 Å². The Morgan fingerprint density at radius 2 is 1.60 bits per heavy atom. The number of ether oxygens (including phenoxy) is 3. The van der Waals surface area contributed by atoms with Crippen LogP contribution >= 0.6 is 0 Å². The van der Waals surface area contributed by atoms with Crippen LogP contribution in [0.15, 0.2) is 48.5 Å². The minimum atomic E-state index is -5.04. The minimum Gasteiger partial charge on any atom is -0.496 e. The third kappa shape index (κ3) is 5.42. The Morgan fingerprint density at radius 3 is 2.23 bits per heavy atom. The van der Waals surface area contributed by atoms with E-state index in [0.29, 0.717) is 12.1 Å². The molecule has 0 atom stereocenters. The van der Waals surface area contributed by atoms with Gasteiger partial charge in [-0.05, 0) is 66.1 Å². The molecule has 8 nitrogen and oxygen atoms in total. The van der Waals surface area contributed by atoms with Crippen molar-refractivity contribution in [3.63, 3.8) is 0 Å². The molecule has 6 rings (SSSR count). The molecule has 2 fully saturated rings. The zero-order valence-electron chi connectivity index (χ0n) is 22.3. The van der Waals surface area contributed by atoms with Crippen molar-refractivity contribution >= 4 is 23.2 Å². The van der Waals surface area contributed by atoms with Gasteiger partial charge in [-0.1, -0.05) is 6.07 Å². The van der Waals surface area contributed by atoms with Gasteiger partial charge in [0.1, 0.15) is 11.6 Å². The van der Waals surface area contributed by atoms with Gasteiger partial charge >= 0.3 is 12.5 Å². The Hall–Kier alpha value is -4.46. The van der Waals surface area contributed by atoms with E-state index < -0.39 is 58.4 Å². The summed E-state index contributed by atoms with van der Waals surface area (Å²) in [4.78, 5) is 26.7. The molecule has 3 aliphatic rings. The third-order valence-electron chi connectivity index (χ3n) is 7.86. The van der Waals surface area contributed by atoms with Crippen LogP contribution in [0.2, 0.25) is 0 Å². The first-order valence-electron chi connectivity index (χ1n) is 13.1. The van der Waals surface area contributed by atoms with Gasteiger partial charge in [0, 0.05) is 24.8 Å². The number of amides is 2. The third-order valence-corrected chi connectivity index (χ3v) is 7.86. The molecule has 3 aromatic rings. The lowest BCUT2D eigenvalue weighted by molar-refractivity contribution is -0.286. The van der Waals surface area contributed by atoms with Gasteiger partial charge in [-0.25, -0.2) is 4.39 Å². The fourth-order valence-electron chi connectivity index (χ4n) is 5.64. The highest BCUT2D eigenvalue weighted by Crippen LogP contribution is 2.53. The molecule has 3 N–H and O–H groups in total. The van der Waals surface area contributed by atoms with Gasteiger partial charge in [0.15, 0.2) is 11.5 Å². The van der Waals surface area contributed by atoms with Crippen LogP contribution in [0.1, 0.15) is 50.6 Å². The number of carbonyl (C=O) groups excluding carboxylic acids is 2. The van der Waals surface area contributed by atoms with Crippen LogP contribution in [0.5, 0.6) is 17.2 Å². The van der Waals surface area contributed by atoms with E-state index in [1.807, 2.05) is 6.07 Å². The summed E-state index contributed by atoms with van der Waals surface area (Å²) in [5.41, 5.74) is -1.53. The van der Waals surface area contributed by atoms with Crippen molar-refractivity contribution in [1.82, 2.24) is 5.32 Å². The van der Waals surface area contributed by atoms with Crippen molar-refractivity contribution in [2.24, 2.45) is 5.41 Å². The summed E-state index contributed by atoms with van der Waals surface area (Å²) in [5.74, 6) is -4.01. The molecule has 1 spiro atoms. The lowest BCUT2D eigenvalue weighted by atomic mass is 9.57. The van der Waals surface area contributed by atoms with Gasteiger partial charge in [-0.15, -0.1) is 8.78 Å². The quantitative estimate of drug-likeness (QED) is 0.291. The SMILES string of the molecule is COc1ccc(C2CC3(CNC3)C2)cc1C(=O)Nc1cc2c(cc1C(=O)Nc1ccc(F)c(C(F)(F)F)c1)OC(F)(F)O2. The number of methoxy groups -OCH3 is 1. The van der Waals surface area contributed by atoms with Crippen LogP contribution in [-0.2, 0) is 6.18 Å². The van der Waals surface area contributed by atoms with Crippen LogP contribution in [0.4, 0.5) is 37.7 Å². The van der Waals surface area contributed by atoms with E-state index in [0.717, 1.165) is 49.7 Å². The van der Waals surface area contributed by atoms with Crippen molar-refractivity contribution < 1.29 is 50.1 Å². The number of fused-ring (bicyclic) bond motifs is 1. The average Bonchev–Trinajstić information content (AvgIpc) is 3.19. The second kappa shape index (κ2) is 10.1. The molecule has 2 heterocycles. The number of benzene rings is 3. The summed E-state index contributed by atoms with van der Waals surface area (Å²) in [7, 11) is 1.36. The van der Waals surface area contributed by atoms with E-state index in [9.17, 15) is 35.9 Å². The van der Waals surface area contributed by atoms with Gasteiger partial charge in [-0.3, -0.25) is 9.59 Å². The summed E-state index contributed by atoms with van der Waals surface area (Å²) in [6, 6.07) is 8.74. The zero-order chi connectivity index (χ0) is 30.7. The van der Waals surface area contributed by atoms with Gasteiger partial charge in [0.05, 0.1) is 29.5 Å². The second-order valence-electron chi connectivity index (χ2n) is 10.8. The lowest BCUT2D eigenvalue weighted by Gasteiger charge is -2.54. The average molecular weight is 608 g/mol. The summed E-state index contributed by atoms with van der Waals surface area (Å²) in [5, 5.41) is 7.94. The summed E-state index contributed by atoms with van der Waals surface area (Å²) in [6.45, 7) is 1.88. The van der Waals surface area contributed by atoms with E-state index in [2.05, 4.69) is 25.4 Å². The maximum atomic E-state index is 13.8. The largest absolute Gasteiger partial charge is 0.586 e. The molecule has 226 valence electrons. The highest BCUT2D eigenvalue weighted by atomic mass is 19.4. The Bertz CT molecular complexity index is 1630. The molecular formula is C29H23F6N3O5. The number of hydrogen-bond donors (Lipinski definition) is 3. The number of anilines is 2. The molecule has 43 heavy (non-hydrogen) atoms. The standard InChI is InChI=1S/C29H23F6N3O5/c1-41-22-5-2-14(15-10-27(11-15)12-36-13-27)6-18(22)26(40)38-21-9-24-23(42-29(34,35)43-24)8-17(21)25(39)37-16-3-4-20(30)19(7-16)28(31,32)33/h2-9,15,36H,10-13H2,1H3,(H,37,39)(H,38,40). The first-order valence-corrected chi connectivity index (χ1v) is 13.1. The van der Waals surface area contributed by atoms with Crippen LogP contribution < -0.4 is 30.2 Å². The van der Waals surface area contributed by atoms with Crippen molar-refractivity contribution in [3.05, 3.63) is 76.6 Å². The molecule has 0 unspecified atom stereocenters. The smallest absolute Gasteiger partial charge is 0.496 e. The molecule has 3 aromatic carbocycles. The first kappa shape index (κ1) is 28.6. The number of alkyl halides is 5. The van der Waals surface area contributed by atoms with E-state index in [-0.39, 0.29) is 28.3 Å². The monoisotopic (exact) mass is 607 g/mol. The molecule has 0 bridgehead atoms. The predicted molar refractivity (Wildman–Crippen MR) is 140 cm³/mol. The van der Waals surface area contributed by atoms with E-state index >= 15 is 0 Å². The van der Waals surface area contributed by atoms with Gasteiger partial charge in [0.25, 0.3) is 11.8 Å². The Kier molecular flexibility index (Phi) is 6.71. The molecule has 0 radical (unpaired) electrons. The molecule has 14 heteroatoms. The van der Waals surface area contributed by atoms with Crippen LogP contribution in [0, 0.1) is 11.2 Å². The van der Waals surface area contributed by atoms with Crippen LogP contribution in [0.3, 0.4) is 0 Å². The van der Waals surface area contributed by atoms with Crippen molar-refractivity contribution in [1.29, 1.82) is 0 Å². The highest BCUT2D eigenvalue weighted by molar-refractivity contribution is 6.13. The zero-order valence-corrected chi connectivity index (χ0v) is 22.3. The van der Waals surface area contributed by atoms with Crippen molar-refractivity contribution in [2.75, 3.05) is 30.8 Å². The summed E-state index contributed by atoms with van der Waals surface area (Å²) < 4.78 is 95.2. The molecule has 1 aliphatic carbocycles. The van der Waals surface area contributed by atoms with Crippen molar-refractivity contribution in [2.45, 2.75) is 31.2 Å². The molecular weight excluding hydrogens is 584 g/mol. The minimum absolute atomic E-state index is 0.107. The Labute approximate surface area is 240 Å². The maximum absolute atomic E-state index is 13.8. The normalized spacial score (nSPS) is 18.0. The molecule has 2 aliphatic heterocycles. The number of hydrogen-bond acceptors (Lipinski definition) is 6. The van der Waals surface area contributed by atoms with E-state index in [1.165, 1.54) is 7.11 Å². The summed E-state index contributed by atoms with van der Waals surface area (Å²) in [6.07, 6.45) is -7.21. The van der Waals surface area contributed by atoms with E-state index in [1.54, 1.807) is 12.1 Å². The Morgan fingerprint density at radius 1 is 0.930 bits per heavy atom. The number of carbonyl (C=O) groups is 2. The molecule has 0 aromatic heterocycles. The molecule has 2 amide bonds. The second-order valence-corrected chi connectivity index (χ2v) is 10.8. The Balaban J connectivity index is 1.30. The molecule has 1 saturated heterocycles. The van der Waals surface area contributed by atoms with E-state index in [4.69, 9.17) is 4.74 Å². The van der Waals surface area contributed by atoms with Gasteiger partial charge in [0.2, 0.25) is 0 Å². The van der Waals surface area contributed by atoms with Crippen LogP contribution in [0.25, 0.3) is 0 Å². The maximum Gasteiger partial charge on any atom is 0.586 e. The fraction of sp³-hybridized carbons (Fsp3) is 0.310. The highest BCUT2D eigenvalue weighted by Gasteiger charge is 2.49. The molecule has 1 saturated carbocycles. The fourth-order valence-corrected chi connectivity index (χ4v) is 5.64. The van der Waals surface area contributed by atoms with Gasteiger partial charge in [-0.2, -0.15) is 13.2 Å². The van der Waals surface area contributed by atoms with Crippen LogP contribution in [-0.4, -0.2) is 38.3 Å². The predicted octanol–water partition coefficient (Wildman–Crippen LogP) is 6.15. The number of rotatable bonds is 6. The summed E-state index contributed by atoms with van der Waals surface area (Å²) >= 11 is 0. The topological polar surface area (TPSA) is 97.9 Å².